The maximum atomic E-state index is 12.1. The molecule has 0 fully saturated rings. The highest BCUT2D eigenvalue weighted by Crippen LogP contribution is 2.20. The Morgan fingerprint density at radius 1 is 1.19 bits per heavy atom. The van der Waals surface area contributed by atoms with Crippen molar-refractivity contribution >= 4 is 34.1 Å². The van der Waals surface area contributed by atoms with Gasteiger partial charge in [-0.3, -0.25) is 14.6 Å². The molecule has 0 aromatic carbocycles. The standard InChI is InChI=1S/C19H20N8O3S/c28-15(3-6-26-7-4-16(29)25-19(26)30)20-5-8-27-18-14(11-24-27)17(22-12-23-18)21-10-13-2-1-9-31-13/h1-2,4,7,9,11-12H,3,5-6,8,10H2,(H,20,28)(H,21,22,23)(H,25,29,30). The van der Waals surface area contributed by atoms with Crippen LogP contribution in [0.5, 0.6) is 0 Å². The smallest absolute Gasteiger partial charge is 0.328 e. The van der Waals surface area contributed by atoms with Crippen LogP contribution >= 0.6 is 11.3 Å². The lowest BCUT2D eigenvalue weighted by atomic mass is 10.3. The van der Waals surface area contributed by atoms with Gasteiger partial charge in [0, 0.05) is 36.7 Å². The van der Waals surface area contributed by atoms with Gasteiger partial charge in [-0.15, -0.1) is 11.3 Å². The van der Waals surface area contributed by atoms with E-state index in [4.69, 9.17) is 0 Å². The Balaban J connectivity index is 1.30. The van der Waals surface area contributed by atoms with Crippen molar-refractivity contribution in [3.05, 3.63) is 68.0 Å². The van der Waals surface area contributed by atoms with Gasteiger partial charge in [0.05, 0.1) is 24.7 Å². The van der Waals surface area contributed by atoms with Crippen LogP contribution in [0.15, 0.2) is 51.9 Å². The summed E-state index contributed by atoms with van der Waals surface area (Å²) in [5, 5.41) is 13.3. The van der Waals surface area contributed by atoms with Crippen molar-refractivity contribution in [2.45, 2.75) is 26.1 Å². The minimum absolute atomic E-state index is 0.116. The van der Waals surface area contributed by atoms with Crippen molar-refractivity contribution in [3.63, 3.8) is 0 Å². The van der Waals surface area contributed by atoms with Crippen LogP contribution < -0.4 is 21.9 Å². The second-order valence-electron chi connectivity index (χ2n) is 6.66. The number of aromatic amines is 1. The molecule has 4 aromatic rings. The molecule has 4 aromatic heterocycles. The van der Waals surface area contributed by atoms with E-state index in [2.05, 4.69) is 36.8 Å². The Morgan fingerprint density at radius 2 is 2.10 bits per heavy atom. The van der Waals surface area contributed by atoms with Crippen molar-refractivity contribution < 1.29 is 4.79 Å². The lowest BCUT2D eigenvalue weighted by molar-refractivity contribution is -0.121. The van der Waals surface area contributed by atoms with Crippen LogP contribution in [0.4, 0.5) is 5.82 Å². The Morgan fingerprint density at radius 3 is 2.90 bits per heavy atom. The summed E-state index contributed by atoms with van der Waals surface area (Å²) in [4.78, 5) is 46.7. The number of aromatic nitrogens is 6. The summed E-state index contributed by atoms with van der Waals surface area (Å²) in [6.07, 6.45) is 4.67. The number of carbonyl (C=O) groups excluding carboxylic acids is 1. The summed E-state index contributed by atoms with van der Waals surface area (Å²) >= 11 is 1.67. The van der Waals surface area contributed by atoms with Crippen LogP contribution in [0, 0.1) is 0 Å². The Kier molecular flexibility index (Phi) is 6.17. The van der Waals surface area contributed by atoms with Gasteiger partial charge in [0.2, 0.25) is 5.91 Å². The van der Waals surface area contributed by atoms with Crippen molar-refractivity contribution in [1.82, 2.24) is 34.6 Å². The molecule has 0 saturated carbocycles. The van der Waals surface area contributed by atoms with Crippen LogP contribution in [0.2, 0.25) is 0 Å². The molecule has 0 radical (unpaired) electrons. The van der Waals surface area contributed by atoms with Gasteiger partial charge in [-0.05, 0) is 11.4 Å². The van der Waals surface area contributed by atoms with Crippen LogP contribution in [-0.2, 0) is 24.4 Å². The number of nitrogens with zero attached hydrogens (tertiary/aromatic N) is 5. The largest absolute Gasteiger partial charge is 0.364 e. The summed E-state index contributed by atoms with van der Waals surface area (Å²) in [7, 11) is 0. The predicted molar refractivity (Wildman–Crippen MR) is 116 cm³/mol. The molecule has 0 aliphatic heterocycles. The van der Waals surface area contributed by atoms with Crippen molar-refractivity contribution in [1.29, 1.82) is 0 Å². The Hall–Kier alpha value is -3.80. The first-order valence-electron chi connectivity index (χ1n) is 9.59. The molecule has 0 saturated heterocycles. The highest BCUT2D eigenvalue weighted by Gasteiger charge is 2.10. The normalized spacial score (nSPS) is 11.0. The first-order valence-corrected chi connectivity index (χ1v) is 10.5. The summed E-state index contributed by atoms with van der Waals surface area (Å²) in [5.74, 6) is 0.502. The van der Waals surface area contributed by atoms with Crippen molar-refractivity contribution in [2.24, 2.45) is 0 Å². The molecule has 0 aliphatic rings. The van der Waals surface area contributed by atoms with Gasteiger partial charge < -0.3 is 15.2 Å². The number of aryl methyl sites for hydroxylation is 1. The van der Waals surface area contributed by atoms with Gasteiger partial charge in [-0.2, -0.15) is 5.10 Å². The molecule has 0 spiro atoms. The molecule has 4 rings (SSSR count). The lowest BCUT2D eigenvalue weighted by Gasteiger charge is -2.08. The molecule has 1 amide bonds. The minimum atomic E-state index is -0.536. The zero-order chi connectivity index (χ0) is 21.6. The molecule has 11 nitrogen and oxygen atoms in total. The highest BCUT2D eigenvalue weighted by molar-refractivity contribution is 7.09. The first kappa shape index (κ1) is 20.5. The maximum Gasteiger partial charge on any atom is 0.328 e. The van der Waals surface area contributed by atoms with Crippen LogP contribution in [0.1, 0.15) is 11.3 Å². The fourth-order valence-electron chi connectivity index (χ4n) is 3.01. The average molecular weight is 440 g/mol. The molecule has 0 aliphatic carbocycles. The van der Waals surface area contributed by atoms with E-state index < -0.39 is 11.2 Å². The molecule has 0 bridgehead atoms. The number of carbonyl (C=O) groups is 1. The van der Waals surface area contributed by atoms with E-state index in [0.29, 0.717) is 31.1 Å². The average Bonchev–Trinajstić information content (AvgIpc) is 3.42. The Labute approximate surface area is 179 Å². The summed E-state index contributed by atoms with van der Waals surface area (Å²) in [6, 6.07) is 5.30. The second kappa shape index (κ2) is 9.34. The molecule has 4 heterocycles. The molecule has 31 heavy (non-hydrogen) atoms. The minimum Gasteiger partial charge on any atom is -0.364 e. The second-order valence-corrected chi connectivity index (χ2v) is 7.70. The molecular formula is C19H20N8O3S. The number of amides is 1. The van der Waals surface area contributed by atoms with E-state index >= 15 is 0 Å². The van der Waals surface area contributed by atoms with Gasteiger partial charge in [0.25, 0.3) is 5.56 Å². The van der Waals surface area contributed by atoms with Crippen molar-refractivity contribution in [3.8, 4) is 0 Å². The van der Waals surface area contributed by atoms with Gasteiger partial charge in [-0.1, -0.05) is 6.07 Å². The number of hydrogen-bond acceptors (Lipinski definition) is 8. The maximum absolute atomic E-state index is 12.1. The molecule has 12 heteroatoms. The summed E-state index contributed by atoms with van der Waals surface area (Å²) in [6.45, 7) is 1.65. The summed E-state index contributed by atoms with van der Waals surface area (Å²) in [5.41, 5.74) is -0.324. The number of fused-ring (bicyclic) bond motifs is 1. The molecule has 0 atom stereocenters. The van der Waals surface area contributed by atoms with Gasteiger partial charge in [0.1, 0.15) is 12.1 Å². The third-order valence-corrected chi connectivity index (χ3v) is 5.44. The number of nitrogens with one attached hydrogen (secondary N) is 3. The van der Waals surface area contributed by atoms with Gasteiger partial charge in [0.15, 0.2) is 5.65 Å². The monoisotopic (exact) mass is 440 g/mol. The van der Waals surface area contributed by atoms with E-state index in [1.54, 1.807) is 22.2 Å². The Bertz CT molecular complexity index is 1290. The van der Waals surface area contributed by atoms with E-state index in [-0.39, 0.29) is 18.9 Å². The lowest BCUT2D eigenvalue weighted by Crippen LogP contribution is -2.32. The quantitative estimate of drug-likeness (QED) is 0.345. The number of H-pyrrole nitrogens is 1. The third-order valence-electron chi connectivity index (χ3n) is 4.57. The molecule has 3 N–H and O–H groups in total. The zero-order valence-corrected chi connectivity index (χ0v) is 17.3. The number of anilines is 1. The number of rotatable bonds is 9. The van der Waals surface area contributed by atoms with Crippen LogP contribution in [-0.4, -0.2) is 41.8 Å². The topological polar surface area (TPSA) is 140 Å². The predicted octanol–water partition coefficient (Wildman–Crippen LogP) is 0.556. The van der Waals surface area contributed by atoms with E-state index in [9.17, 15) is 14.4 Å². The third kappa shape index (κ3) is 5.04. The molecule has 0 unspecified atom stereocenters. The number of hydrogen-bond donors (Lipinski definition) is 3. The van der Waals surface area contributed by atoms with Crippen LogP contribution in [0.25, 0.3) is 11.0 Å². The van der Waals surface area contributed by atoms with Crippen molar-refractivity contribution in [2.75, 3.05) is 11.9 Å². The first-order chi connectivity index (χ1) is 15.1. The van der Waals surface area contributed by atoms with Gasteiger partial charge in [-0.25, -0.2) is 19.4 Å². The summed E-state index contributed by atoms with van der Waals surface area (Å²) < 4.78 is 2.99. The molecular weight excluding hydrogens is 420 g/mol. The fourth-order valence-corrected chi connectivity index (χ4v) is 3.66. The zero-order valence-electron chi connectivity index (χ0n) is 16.4. The van der Waals surface area contributed by atoms with Gasteiger partial charge >= 0.3 is 5.69 Å². The highest BCUT2D eigenvalue weighted by atomic mass is 32.1. The number of thiophene rings is 1. The van der Waals surface area contributed by atoms with Crippen LogP contribution in [0.3, 0.4) is 0 Å². The van der Waals surface area contributed by atoms with E-state index in [1.807, 2.05) is 11.4 Å². The SMILES string of the molecule is O=C(CCn1ccc(=O)[nH]c1=O)NCCn1ncc2c(NCc3cccs3)ncnc21. The van der Waals surface area contributed by atoms with E-state index in [0.717, 1.165) is 5.39 Å². The molecule has 160 valence electrons. The fraction of sp³-hybridized carbons (Fsp3) is 0.263. The van der Waals surface area contributed by atoms with E-state index in [1.165, 1.54) is 28.0 Å².